The summed E-state index contributed by atoms with van der Waals surface area (Å²) in [4.78, 5) is 0. The topological polar surface area (TPSA) is 26.0 Å². The maximum Gasteiger partial charge on any atom is 0.126 e. The first-order chi connectivity index (χ1) is 7.00. The summed E-state index contributed by atoms with van der Waals surface area (Å²) in [6.07, 6.45) is 1.64. The zero-order valence-corrected chi connectivity index (χ0v) is 10.8. The second-order valence-electron chi connectivity index (χ2n) is 4.28. The van der Waals surface area contributed by atoms with Gasteiger partial charge in [-0.05, 0) is 48.6 Å². The first kappa shape index (κ1) is 12.7. The lowest BCUT2D eigenvalue weighted by atomic mass is 9.81. The molecule has 0 heterocycles. The third kappa shape index (κ3) is 3.28. The van der Waals surface area contributed by atoms with Gasteiger partial charge < -0.3 is 5.73 Å². The highest BCUT2D eigenvalue weighted by Crippen LogP contribution is 2.27. The molecule has 0 aromatic heterocycles. The van der Waals surface area contributed by atoms with E-state index in [2.05, 4.69) is 29.8 Å². The molecular formula is C12H17BrFN. The number of benzene rings is 1. The van der Waals surface area contributed by atoms with Crippen molar-refractivity contribution < 1.29 is 4.39 Å². The Morgan fingerprint density at radius 3 is 2.67 bits per heavy atom. The maximum absolute atomic E-state index is 13.5. The molecule has 1 aromatic rings. The van der Waals surface area contributed by atoms with E-state index in [1.165, 1.54) is 6.07 Å². The molecule has 0 amide bonds. The predicted molar refractivity (Wildman–Crippen MR) is 65.3 cm³/mol. The first-order valence-corrected chi connectivity index (χ1v) is 5.94. The van der Waals surface area contributed by atoms with Crippen LogP contribution < -0.4 is 5.73 Å². The Kier molecular flexibility index (Phi) is 4.29. The lowest BCUT2D eigenvalue weighted by Gasteiger charge is -2.26. The van der Waals surface area contributed by atoms with Gasteiger partial charge in [0.2, 0.25) is 0 Å². The Balaban J connectivity index is 2.92. The number of hydrogen-bond donors (Lipinski definition) is 1. The first-order valence-electron chi connectivity index (χ1n) is 5.15. The highest BCUT2D eigenvalue weighted by molar-refractivity contribution is 9.10. The zero-order chi connectivity index (χ0) is 11.5. The SMILES string of the molecule is CCC(C)(CN)Cc1cc(Br)ccc1F. The van der Waals surface area contributed by atoms with Gasteiger partial charge >= 0.3 is 0 Å². The van der Waals surface area contributed by atoms with Gasteiger partial charge in [-0.2, -0.15) is 0 Å². The van der Waals surface area contributed by atoms with Crippen LogP contribution in [0.2, 0.25) is 0 Å². The van der Waals surface area contributed by atoms with Gasteiger partial charge in [-0.25, -0.2) is 4.39 Å². The van der Waals surface area contributed by atoms with Crippen molar-refractivity contribution in [2.24, 2.45) is 11.1 Å². The summed E-state index contributed by atoms with van der Waals surface area (Å²) in [7, 11) is 0. The highest BCUT2D eigenvalue weighted by Gasteiger charge is 2.22. The summed E-state index contributed by atoms with van der Waals surface area (Å²) in [6.45, 7) is 4.76. The van der Waals surface area contributed by atoms with Crippen molar-refractivity contribution in [1.82, 2.24) is 0 Å². The fourth-order valence-electron chi connectivity index (χ4n) is 1.48. The molecule has 2 N–H and O–H groups in total. The minimum absolute atomic E-state index is 0.0123. The monoisotopic (exact) mass is 273 g/mol. The van der Waals surface area contributed by atoms with E-state index in [1.54, 1.807) is 6.07 Å². The van der Waals surface area contributed by atoms with E-state index in [1.807, 2.05) is 6.07 Å². The smallest absolute Gasteiger partial charge is 0.126 e. The lowest BCUT2D eigenvalue weighted by molar-refractivity contribution is 0.316. The average Bonchev–Trinajstić information content (AvgIpc) is 2.23. The van der Waals surface area contributed by atoms with E-state index in [9.17, 15) is 4.39 Å². The molecule has 0 saturated carbocycles. The van der Waals surface area contributed by atoms with Gasteiger partial charge in [0.15, 0.2) is 0 Å². The Morgan fingerprint density at radius 1 is 1.47 bits per heavy atom. The third-order valence-electron chi connectivity index (χ3n) is 2.97. The van der Waals surface area contributed by atoms with Crippen molar-refractivity contribution in [2.45, 2.75) is 26.7 Å². The van der Waals surface area contributed by atoms with Gasteiger partial charge in [-0.3, -0.25) is 0 Å². The molecule has 1 aromatic carbocycles. The standard InChI is InChI=1S/C12H17BrFN/c1-3-12(2,8-15)7-9-6-10(13)4-5-11(9)14/h4-6H,3,7-8,15H2,1-2H3. The minimum Gasteiger partial charge on any atom is -0.330 e. The van der Waals surface area contributed by atoms with Crippen LogP contribution in [0.15, 0.2) is 22.7 Å². The predicted octanol–water partition coefficient (Wildman–Crippen LogP) is 3.51. The molecule has 1 atom stereocenters. The Hall–Kier alpha value is -0.410. The molecule has 0 aliphatic rings. The van der Waals surface area contributed by atoms with Crippen molar-refractivity contribution in [3.63, 3.8) is 0 Å². The van der Waals surface area contributed by atoms with E-state index >= 15 is 0 Å². The quantitative estimate of drug-likeness (QED) is 0.893. The number of nitrogens with two attached hydrogens (primary N) is 1. The van der Waals surface area contributed by atoms with Crippen molar-refractivity contribution in [3.05, 3.63) is 34.1 Å². The fraction of sp³-hybridized carbons (Fsp3) is 0.500. The number of halogens is 2. The summed E-state index contributed by atoms with van der Waals surface area (Å²) in [5, 5.41) is 0. The summed E-state index contributed by atoms with van der Waals surface area (Å²) in [6, 6.07) is 5.04. The van der Waals surface area contributed by atoms with Crippen LogP contribution in [0.3, 0.4) is 0 Å². The molecule has 3 heteroatoms. The molecule has 1 rings (SSSR count). The van der Waals surface area contributed by atoms with E-state index < -0.39 is 0 Å². The third-order valence-corrected chi connectivity index (χ3v) is 3.46. The molecule has 1 unspecified atom stereocenters. The summed E-state index contributed by atoms with van der Waals surface area (Å²) < 4.78 is 14.4. The van der Waals surface area contributed by atoms with Crippen LogP contribution in [0, 0.1) is 11.2 Å². The van der Waals surface area contributed by atoms with E-state index in [-0.39, 0.29) is 11.2 Å². The van der Waals surface area contributed by atoms with Gasteiger partial charge in [-0.15, -0.1) is 0 Å². The van der Waals surface area contributed by atoms with Crippen LogP contribution in [-0.2, 0) is 6.42 Å². The molecule has 0 aliphatic heterocycles. The van der Waals surface area contributed by atoms with Gasteiger partial charge in [0.25, 0.3) is 0 Å². The summed E-state index contributed by atoms with van der Waals surface area (Å²) in [5.74, 6) is -0.147. The Labute approximate surface area is 99.0 Å². The van der Waals surface area contributed by atoms with Gasteiger partial charge in [-0.1, -0.05) is 29.8 Å². The maximum atomic E-state index is 13.5. The molecule has 15 heavy (non-hydrogen) atoms. The molecule has 0 saturated heterocycles. The fourth-order valence-corrected chi connectivity index (χ4v) is 1.89. The average molecular weight is 274 g/mol. The van der Waals surface area contributed by atoms with Crippen molar-refractivity contribution in [2.75, 3.05) is 6.54 Å². The van der Waals surface area contributed by atoms with Crippen molar-refractivity contribution in [3.8, 4) is 0 Å². The highest BCUT2D eigenvalue weighted by atomic mass is 79.9. The summed E-state index contributed by atoms with van der Waals surface area (Å²) in [5.41, 5.74) is 6.44. The molecule has 0 fully saturated rings. The molecule has 0 radical (unpaired) electrons. The van der Waals surface area contributed by atoms with E-state index in [4.69, 9.17) is 5.73 Å². The van der Waals surface area contributed by atoms with Gasteiger partial charge in [0.05, 0.1) is 0 Å². The van der Waals surface area contributed by atoms with Crippen molar-refractivity contribution in [1.29, 1.82) is 0 Å². The van der Waals surface area contributed by atoms with E-state index in [0.29, 0.717) is 13.0 Å². The zero-order valence-electron chi connectivity index (χ0n) is 9.19. The summed E-state index contributed by atoms with van der Waals surface area (Å²) >= 11 is 3.35. The van der Waals surface area contributed by atoms with Crippen LogP contribution in [0.4, 0.5) is 4.39 Å². The van der Waals surface area contributed by atoms with Crippen LogP contribution in [-0.4, -0.2) is 6.54 Å². The van der Waals surface area contributed by atoms with Crippen LogP contribution in [0.1, 0.15) is 25.8 Å². The van der Waals surface area contributed by atoms with Crippen LogP contribution >= 0.6 is 15.9 Å². The molecule has 1 nitrogen and oxygen atoms in total. The second-order valence-corrected chi connectivity index (χ2v) is 5.20. The molecule has 0 aliphatic carbocycles. The number of rotatable bonds is 4. The molecular weight excluding hydrogens is 257 g/mol. The Morgan fingerprint density at radius 2 is 2.13 bits per heavy atom. The normalized spacial score (nSPS) is 15.0. The minimum atomic E-state index is -0.147. The second kappa shape index (κ2) is 5.08. The molecule has 84 valence electrons. The van der Waals surface area contributed by atoms with Gasteiger partial charge in [0.1, 0.15) is 5.82 Å². The molecule has 0 bridgehead atoms. The van der Waals surface area contributed by atoms with Crippen LogP contribution in [0.25, 0.3) is 0 Å². The van der Waals surface area contributed by atoms with E-state index in [0.717, 1.165) is 16.5 Å². The Bertz CT molecular complexity index is 334. The largest absolute Gasteiger partial charge is 0.330 e. The molecule has 0 spiro atoms. The van der Waals surface area contributed by atoms with Gasteiger partial charge in [0, 0.05) is 4.47 Å². The van der Waals surface area contributed by atoms with Crippen molar-refractivity contribution >= 4 is 15.9 Å². The lowest BCUT2D eigenvalue weighted by Crippen LogP contribution is -2.29. The number of hydrogen-bond acceptors (Lipinski definition) is 1. The van der Waals surface area contributed by atoms with Crippen LogP contribution in [0.5, 0.6) is 0 Å².